The molecule has 0 radical (unpaired) electrons. The molecule has 158 valence electrons. The van der Waals surface area contributed by atoms with E-state index in [1.165, 1.54) is 16.7 Å². The number of hydrogen-bond acceptors (Lipinski definition) is 6. The lowest BCUT2D eigenvalue weighted by Crippen LogP contribution is -2.32. The highest BCUT2D eigenvalue weighted by Gasteiger charge is 2.27. The number of carbonyl (C=O) groups is 2. The van der Waals surface area contributed by atoms with Crippen molar-refractivity contribution in [2.24, 2.45) is 0 Å². The number of nitrogens with one attached hydrogen (secondary N) is 1. The van der Waals surface area contributed by atoms with Crippen LogP contribution < -0.4 is 10.2 Å². The van der Waals surface area contributed by atoms with Crippen molar-refractivity contribution in [3.8, 4) is 11.1 Å². The zero-order valence-electron chi connectivity index (χ0n) is 17.3. The average Bonchev–Trinajstić information content (AvgIpc) is 3.22. The largest absolute Gasteiger partial charge is 0.444 e. The zero-order chi connectivity index (χ0) is 21.5. The maximum absolute atomic E-state index is 12.7. The van der Waals surface area contributed by atoms with Crippen LogP contribution in [0.25, 0.3) is 11.1 Å². The Morgan fingerprint density at radius 2 is 2.13 bits per heavy atom. The Balaban J connectivity index is 1.48. The third-order valence-corrected chi connectivity index (χ3v) is 6.06. The molecule has 2 aromatic heterocycles. The summed E-state index contributed by atoms with van der Waals surface area (Å²) in [5.41, 5.74) is 6.55. The van der Waals surface area contributed by atoms with Crippen LogP contribution >= 0.6 is 0 Å². The molecule has 5 rings (SSSR count). The van der Waals surface area contributed by atoms with Gasteiger partial charge in [0.15, 0.2) is 0 Å². The fourth-order valence-corrected chi connectivity index (χ4v) is 4.40. The van der Waals surface area contributed by atoms with Gasteiger partial charge < -0.3 is 14.6 Å². The van der Waals surface area contributed by atoms with Crippen LogP contribution in [-0.2, 0) is 17.8 Å². The van der Waals surface area contributed by atoms with Crippen LogP contribution in [0.3, 0.4) is 0 Å². The maximum atomic E-state index is 12.7. The fourth-order valence-electron chi connectivity index (χ4n) is 4.40. The molecule has 0 fully saturated rings. The minimum atomic E-state index is -0.347. The van der Waals surface area contributed by atoms with Crippen molar-refractivity contribution in [2.75, 3.05) is 11.9 Å². The summed E-state index contributed by atoms with van der Waals surface area (Å²) in [6.07, 6.45) is 7.53. The first-order chi connectivity index (χ1) is 15.0. The zero-order valence-corrected chi connectivity index (χ0v) is 17.3. The molecule has 8 heteroatoms. The molecule has 31 heavy (non-hydrogen) atoms. The summed E-state index contributed by atoms with van der Waals surface area (Å²) in [4.78, 5) is 30.5. The van der Waals surface area contributed by atoms with Gasteiger partial charge in [-0.1, -0.05) is 11.2 Å². The number of fused-ring (bicyclic) bond motifs is 2. The van der Waals surface area contributed by atoms with Crippen LogP contribution in [0.4, 0.5) is 10.5 Å². The van der Waals surface area contributed by atoms with E-state index in [1.54, 1.807) is 14.0 Å². The van der Waals surface area contributed by atoms with Crippen molar-refractivity contribution in [3.63, 3.8) is 0 Å². The molecular weight excluding hydrogens is 396 g/mol. The second kappa shape index (κ2) is 7.54. The quantitative estimate of drug-likeness (QED) is 0.692. The summed E-state index contributed by atoms with van der Waals surface area (Å²) in [7, 11) is 1.70. The topological polar surface area (TPSA) is 97.6 Å². The van der Waals surface area contributed by atoms with Gasteiger partial charge in [-0.3, -0.25) is 14.7 Å². The predicted octanol–water partition coefficient (Wildman–Crippen LogP) is 3.94. The number of ether oxygens (including phenoxy) is 1. The van der Waals surface area contributed by atoms with Crippen LogP contribution in [0.2, 0.25) is 0 Å². The number of pyridine rings is 1. The van der Waals surface area contributed by atoms with Gasteiger partial charge in [-0.25, -0.2) is 4.79 Å². The lowest BCUT2D eigenvalue weighted by Gasteiger charge is -2.29. The molecule has 1 aliphatic heterocycles. The third kappa shape index (κ3) is 3.34. The molecule has 3 heterocycles. The Morgan fingerprint density at radius 1 is 1.26 bits per heavy atom. The van der Waals surface area contributed by atoms with E-state index in [9.17, 15) is 9.59 Å². The first-order valence-corrected chi connectivity index (χ1v) is 10.3. The first-order valence-electron chi connectivity index (χ1n) is 10.3. The summed E-state index contributed by atoms with van der Waals surface area (Å²) in [5.74, 6) is 0.306. The summed E-state index contributed by atoms with van der Waals surface area (Å²) in [6.45, 7) is 1.98. The van der Waals surface area contributed by atoms with Gasteiger partial charge in [0, 0.05) is 30.6 Å². The van der Waals surface area contributed by atoms with Gasteiger partial charge in [-0.2, -0.15) is 0 Å². The van der Waals surface area contributed by atoms with Gasteiger partial charge in [0.25, 0.3) is 5.91 Å². The van der Waals surface area contributed by atoms with E-state index in [0.29, 0.717) is 11.3 Å². The lowest BCUT2D eigenvalue weighted by molar-refractivity contribution is 0.0931. The van der Waals surface area contributed by atoms with E-state index >= 15 is 0 Å². The molecule has 0 saturated heterocycles. The highest BCUT2D eigenvalue weighted by atomic mass is 16.6. The summed E-state index contributed by atoms with van der Waals surface area (Å²) >= 11 is 0. The lowest BCUT2D eigenvalue weighted by atomic mass is 9.84. The van der Waals surface area contributed by atoms with E-state index in [-0.39, 0.29) is 24.6 Å². The van der Waals surface area contributed by atoms with E-state index in [1.807, 2.05) is 24.5 Å². The van der Waals surface area contributed by atoms with Crippen molar-refractivity contribution >= 4 is 17.7 Å². The number of aryl methyl sites for hydroxylation is 1. The van der Waals surface area contributed by atoms with Gasteiger partial charge in [0.2, 0.25) is 0 Å². The van der Waals surface area contributed by atoms with Crippen molar-refractivity contribution < 1.29 is 18.8 Å². The van der Waals surface area contributed by atoms with Gasteiger partial charge in [-0.15, -0.1) is 0 Å². The highest BCUT2D eigenvalue weighted by Crippen LogP contribution is 2.38. The van der Waals surface area contributed by atoms with Crippen molar-refractivity contribution in [2.45, 2.75) is 38.8 Å². The maximum Gasteiger partial charge on any atom is 0.414 e. The number of anilines is 1. The Kier molecular flexibility index (Phi) is 4.69. The summed E-state index contributed by atoms with van der Waals surface area (Å²) in [6, 6.07) is 5.88. The van der Waals surface area contributed by atoms with Gasteiger partial charge in [0.1, 0.15) is 17.9 Å². The summed E-state index contributed by atoms with van der Waals surface area (Å²) < 4.78 is 10.3. The minimum absolute atomic E-state index is 0.122. The third-order valence-electron chi connectivity index (χ3n) is 6.06. The summed E-state index contributed by atoms with van der Waals surface area (Å²) in [5, 5.41) is 6.81. The molecule has 0 bridgehead atoms. The molecular formula is C23H22N4O4. The minimum Gasteiger partial charge on any atom is -0.444 e. The number of hydrogen-bond donors (Lipinski definition) is 1. The molecule has 2 amide bonds. The molecule has 8 nitrogen and oxygen atoms in total. The highest BCUT2D eigenvalue weighted by molar-refractivity contribution is 5.95. The second-order valence-electron chi connectivity index (χ2n) is 7.93. The molecule has 2 aliphatic rings. The van der Waals surface area contributed by atoms with E-state index in [2.05, 4.69) is 21.5 Å². The van der Waals surface area contributed by atoms with Crippen molar-refractivity contribution in [3.05, 3.63) is 64.8 Å². The van der Waals surface area contributed by atoms with E-state index < -0.39 is 0 Å². The second-order valence-corrected chi connectivity index (χ2v) is 7.93. The number of cyclic esters (lactones) is 1. The smallest absolute Gasteiger partial charge is 0.414 e. The van der Waals surface area contributed by atoms with Gasteiger partial charge in [0.05, 0.1) is 17.9 Å². The van der Waals surface area contributed by atoms with Crippen LogP contribution in [0.15, 0.2) is 41.3 Å². The molecule has 3 aromatic rings. The van der Waals surface area contributed by atoms with Crippen LogP contribution in [-0.4, -0.2) is 29.2 Å². The van der Waals surface area contributed by atoms with Gasteiger partial charge in [-0.05, 0) is 55.0 Å². The Hall–Kier alpha value is -3.68. The fraction of sp³-hybridized carbons (Fsp3) is 0.304. The number of nitrogens with zero attached hydrogens (tertiary/aromatic N) is 3. The Morgan fingerprint density at radius 3 is 2.94 bits per heavy atom. The normalized spacial score (nSPS) is 17.5. The number of amides is 2. The number of aromatic nitrogens is 2. The Labute approximate surface area is 179 Å². The van der Waals surface area contributed by atoms with Crippen molar-refractivity contribution in [1.29, 1.82) is 0 Å². The molecule has 1 atom stereocenters. The Bertz CT molecular complexity index is 1190. The molecule has 1 N–H and O–H groups in total. The van der Waals surface area contributed by atoms with Crippen LogP contribution in [0, 0.1) is 6.92 Å². The van der Waals surface area contributed by atoms with E-state index in [4.69, 9.17) is 9.26 Å². The van der Waals surface area contributed by atoms with Crippen molar-refractivity contribution in [1.82, 2.24) is 15.5 Å². The SMILES string of the molecule is Cc1oncc1C(=O)NC1CCCc2c(-c3ccc4c(c3)COC(=O)N4C)cncc21. The molecule has 0 saturated carbocycles. The van der Waals surface area contributed by atoms with Crippen LogP contribution in [0.5, 0.6) is 0 Å². The van der Waals surface area contributed by atoms with Crippen LogP contribution in [0.1, 0.15) is 51.7 Å². The molecule has 1 aliphatic carbocycles. The molecule has 0 spiro atoms. The first kappa shape index (κ1) is 19.3. The standard InChI is InChI=1S/C23H22N4O4/c1-13-17(11-25-31-13)22(28)26-20-5-3-4-16-18(9-24-10-19(16)20)14-6-7-21-15(8-14)12-30-23(29)27(21)2/h6-11,20H,3-5,12H2,1-2H3,(H,26,28). The van der Waals surface area contributed by atoms with E-state index in [0.717, 1.165) is 47.2 Å². The van der Waals surface area contributed by atoms with Gasteiger partial charge >= 0.3 is 6.09 Å². The number of benzene rings is 1. The average molecular weight is 418 g/mol. The molecule has 1 aromatic carbocycles. The number of carbonyl (C=O) groups excluding carboxylic acids is 2. The number of rotatable bonds is 3. The molecule has 1 unspecified atom stereocenters. The predicted molar refractivity (Wildman–Crippen MR) is 113 cm³/mol. The monoisotopic (exact) mass is 418 g/mol.